The van der Waals surface area contributed by atoms with Crippen molar-refractivity contribution < 1.29 is 9.47 Å². The number of nitrogens with zero attached hydrogens (tertiary/aromatic N) is 3. The molecule has 106 valence electrons. The molecule has 0 bridgehead atoms. The molecule has 3 rings (SSSR count). The zero-order chi connectivity index (χ0) is 14.8. The van der Waals surface area contributed by atoms with Crippen molar-refractivity contribution in [2.24, 2.45) is 0 Å². The number of hydrogen-bond acceptors (Lipinski definition) is 5. The summed E-state index contributed by atoms with van der Waals surface area (Å²) in [5.41, 5.74) is 1.67. The molecule has 0 aliphatic rings. The summed E-state index contributed by atoms with van der Waals surface area (Å²) in [6.45, 7) is 0. The fourth-order valence-electron chi connectivity index (χ4n) is 2.11. The molecule has 0 fully saturated rings. The highest BCUT2D eigenvalue weighted by molar-refractivity contribution is 5.65. The number of rotatable bonds is 3. The van der Waals surface area contributed by atoms with Crippen LogP contribution in [0.5, 0.6) is 11.5 Å². The smallest absolute Gasteiger partial charge is 0.258 e. The Morgan fingerprint density at radius 2 is 1.90 bits per heavy atom. The van der Waals surface area contributed by atoms with Crippen molar-refractivity contribution in [2.45, 2.75) is 0 Å². The maximum atomic E-state index is 12.1. The van der Waals surface area contributed by atoms with Gasteiger partial charge in [-0.3, -0.25) is 14.2 Å². The summed E-state index contributed by atoms with van der Waals surface area (Å²) in [6.07, 6.45) is 4.68. The van der Waals surface area contributed by atoms with Gasteiger partial charge in [0.15, 0.2) is 17.1 Å². The number of fused-ring (bicyclic) bond motifs is 1. The number of benzene rings is 1. The number of ether oxygens (including phenoxy) is 2. The Bertz CT molecular complexity index is 858. The van der Waals surface area contributed by atoms with Gasteiger partial charge in [-0.15, -0.1) is 0 Å². The van der Waals surface area contributed by atoms with Crippen molar-refractivity contribution in [1.82, 2.24) is 14.4 Å². The monoisotopic (exact) mass is 283 g/mol. The molecule has 0 saturated carbocycles. The molecule has 2 aromatic heterocycles. The summed E-state index contributed by atoms with van der Waals surface area (Å²) >= 11 is 0. The molecule has 0 radical (unpaired) electrons. The molecule has 0 amide bonds. The zero-order valence-corrected chi connectivity index (χ0v) is 11.6. The van der Waals surface area contributed by atoms with Crippen LogP contribution in [0, 0.1) is 0 Å². The van der Waals surface area contributed by atoms with Crippen molar-refractivity contribution in [3.8, 4) is 22.8 Å². The number of methoxy groups -OCH3 is 2. The van der Waals surface area contributed by atoms with E-state index < -0.39 is 0 Å². The van der Waals surface area contributed by atoms with Gasteiger partial charge in [-0.1, -0.05) is 0 Å². The molecule has 0 saturated heterocycles. The second kappa shape index (κ2) is 5.24. The molecule has 21 heavy (non-hydrogen) atoms. The van der Waals surface area contributed by atoms with E-state index in [-0.39, 0.29) is 5.56 Å². The standard InChI is InChI=1S/C15H13N3O3/c1-20-12-4-3-10(7-13(12)21-2)11-8-15(19)18-6-5-16-9-14(18)17-11/h3-9H,1-2H3. The molecule has 6 nitrogen and oxygen atoms in total. The Hall–Kier alpha value is -2.89. The first-order valence-electron chi connectivity index (χ1n) is 6.29. The Morgan fingerprint density at radius 3 is 2.67 bits per heavy atom. The minimum absolute atomic E-state index is 0.160. The van der Waals surface area contributed by atoms with Crippen LogP contribution in [0.2, 0.25) is 0 Å². The largest absolute Gasteiger partial charge is 0.493 e. The maximum Gasteiger partial charge on any atom is 0.258 e. The minimum atomic E-state index is -0.160. The fourth-order valence-corrected chi connectivity index (χ4v) is 2.11. The summed E-state index contributed by atoms with van der Waals surface area (Å²) in [6, 6.07) is 6.87. The molecular formula is C15H13N3O3. The van der Waals surface area contributed by atoms with Crippen LogP contribution < -0.4 is 15.0 Å². The van der Waals surface area contributed by atoms with Crippen LogP contribution in [0.1, 0.15) is 0 Å². The third-order valence-corrected chi connectivity index (χ3v) is 3.15. The van der Waals surface area contributed by atoms with E-state index in [1.54, 1.807) is 44.9 Å². The van der Waals surface area contributed by atoms with Gasteiger partial charge in [0.2, 0.25) is 0 Å². The van der Waals surface area contributed by atoms with Gasteiger partial charge in [-0.2, -0.15) is 0 Å². The second-order valence-corrected chi connectivity index (χ2v) is 4.35. The third-order valence-electron chi connectivity index (χ3n) is 3.15. The van der Waals surface area contributed by atoms with Crippen LogP contribution in [0.25, 0.3) is 16.9 Å². The first-order valence-corrected chi connectivity index (χ1v) is 6.29. The fraction of sp³-hybridized carbons (Fsp3) is 0.133. The highest BCUT2D eigenvalue weighted by atomic mass is 16.5. The van der Waals surface area contributed by atoms with Crippen LogP contribution in [0.3, 0.4) is 0 Å². The van der Waals surface area contributed by atoms with E-state index in [1.165, 1.54) is 10.5 Å². The molecule has 2 heterocycles. The van der Waals surface area contributed by atoms with Crippen molar-refractivity contribution in [3.63, 3.8) is 0 Å². The normalized spacial score (nSPS) is 10.6. The van der Waals surface area contributed by atoms with Crippen LogP contribution >= 0.6 is 0 Å². The number of aromatic nitrogens is 3. The lowest BCUT2D eigenvalue weighted by Crippen LogP contribution is -2.14. The van der Waals surface area contributed by atoms with E-state index in [0.717, 1.165) is 5.56 Å². The Balaban J connectivity index is 2.18. The molecule has 0 atom stereocenters. The molecule has 0 aliphatic heterocycles. The molecule has 0 N–H and O–H groups in total. The quantitative estimate of drug-likeness (QED) is 0.733. The molecule has 3 aromatic rings. The summed E-state index contributed by atoms with van der Waals surface area (Å²) in [7, 11) is 3.14. The first-order chi connectivity index (χ1) is 10.2. The Labute approximate surface area is 120 Å². The van der Waals surface area contributed by atoms with E-state index >= 15 is 0 Å². The highest BCUT2D eigenvalue weighted by Crippen LogP contribution is 2.31. The van der Waals surface area contributed by atoms with Gasteiger partial charge in [-0.05, 0) is 18.2 Å². The second-order valence-electron chi connectivity index (χ2n) is 4.35. The topological polar surface area (TPSA) is 65.7 Å². The molecule has 0 aliphatic carbocycles. The lowest BCUT2D eigenvalue weighted by Gasteiger charge is -2.09. The van der Waals surface area contributed by atoms with Crippen LogP contribution in [-0.2, 0) is 0 Å². The summed E-state index contributed by atoms with van der Waals surface area (Å²) in [4.78, 5) is 20.5. The van der Waals surface area contributed by atoms with Crippen LogP contribution in [-0.4, -0.2) is 28.6 Å². The van der Waals surface area contributed by atoms with E-state index in [0.29, 0.717) is 22.8 Å². The lowest BCUT2D eigenvalue weighted by molar-refractivity contribution is 0.355. The Kier molecular flexibility index (Phi) is 3.27. The molecule has 1 aromatic carbocycles. The van der Waals surface area contributed by atoms with Crippen molar-refractivity contribution >= 4 is 5.65 Å². The van der Waals surface area contributed by atoms with Gasteiger partial charge < -0.3 is 9.47 Å². The predicted octanol–water partition coefficient (Wildman–Crippen LogP) is 1.77. The molecule has 0 spiro atoms. The van der Waals surface area contributed by atoms with Gasteiger partial charge in [-0.25, -0.2) is 4.98 Å². The zero-order valence-electron chi connectivity index (χ0n) is 11.6. The summed E-state index contributed by atoms with van der Waals surface area (Å²) in [5, 5.41) is 0. The minimum Gasteiger partial charge on any atom is -0.493 e. The SMILES string of the molecule is COc1ccc(-c2cc(=O)n3ccncc3n2)cc1OC. The predicted molar refractivity (Wildman–Crippen MR) is 77.8 cm³/mol. The van der Waals surface area contributed by atoms with Crippen molar-refractivity contribution in [2.75, 3.05) is 14.2 Å². The average Bonchev–Trinajstić information content (AvgIpc) is 2.54. The lowest BCUT2D eigenvalue weighted by atomic mass is 10.1. The van der Waals surface area contributed by atoms with Crippen LogP contribution in [0.4, 0.5) is 0 Å². The van der Waals surface area contributed by atoms with E-state index in [1.807, 2.05) is 6.07 Å². The molecule has 0 unspecified atom stereocenters. The maximum absolute atomic E-state index is 12.1. The molecular weight excluding hydrogens is 270 g/mol. The molecule has 6 heteroatoms. The van der Waals surface area contributed by atoms with Gasteiger partial charge in [0, 0.05) is 24.0 Å². The Morgan fingerprint density at radius 1 is 1.10 bits per heavy atom. The van der Waals surface area contributed by atoms with E-state index in [2.05, 4.69) is 9.97 Å². The van der Waals surface area contributed by atoms with Gasteiger partial charge in [0.1, 0.15) is 0 Å². The third kappa shape index (κ3) is 2.31. The van der Waals surface area contributed by atoms with Crippen molar-refractivity contribution in [1.29, 1.82) is 0 Å². The highest BCUT2D eigenvalue weighted by Gasteiger charge is 2.09. The van der Waals surface area contributed by atoms with E-state index in [9.17, 15) is 4.79 Å². The number of hydrogen-bond donors (Lipinski definition) is 0. The van der Waals surface area contributed by atoms with Gasteiger partial charge in [0.05, 0.1) is 26.1 Å². The van der Waals surface area contributed by atoms with Crippen molar-refractivity contribution in [3.05, 3.63) is 53.2 Å². The summed E-state index contributed by atoms with van der Waals surface area (Å²) in [5.74, 6) is 1.21. The van der Waals surface area contributed by atoms with E-state index in [4.69, 9.17) is 9.47 Å². The van der Waals surface area contributed by atoms with Crippen LogP contribution in [0.15, 0.2) is 47.7 Å². The van der Waals surface area contributed by atoms with Gasteiger partial charge in [0.25, 0.3) is 5.56 Å². The first kappa shape index (κ1) is 13.1. The average molecular weight is 283 g/mol. The van der Waals surface area contributed by atoms with Gasteiger partial charge >= 0.3 is 0 Å². The summed E-state index contributed by atoms with van der Waals surface area (Å²) < 4.78 is 11.9.